The van der Waals surface area contributed by atoms with Crippen molar-refractivity contribution in [3.8, 4) is 0 Å². The minimum absolute atomic E-state index is 0.217. The van der Waals surface area contributed by atoms with Crippen molar-refractivity contribution in [3.63, 3.8) is 0 Å². The van der Waals surface area contributed by atoms with Gasteiger partial charge in [-0.2, -0.15) is 5.10 Å². The van der Waals surface area contributed by atoms with Crippen LogP contribution < -0.4 is 5.32 Å². The molecule has 19 heavy (non-hydrogen) atoms. The first-order chi connectivity index (χ1) is 9.16. The van der Waals surface area contributed by atoms with E-state index in [1.54, 1.807) is 17.9 Å². The van der Waals surface area contributed by atoms with Crippen molar-refractivity contribution in [1.29, 1.82) is 0 Å². The van der Waals surface area contributed by atoms with Gasteiger partial charge in [-0.15, -0.1) is 0 Å². The van der Waals surface area contributed by atoms with Gasteiger partial charge in [-0.3, -0.25) is 9.48 Å². The summed E-state index contributed by atoms with van der Waals surface area (Å²) in [5, 5.41) is 17.1. The molecule has 8 nitrogen and oxygen atoms in total. The van der Waals surface area contributed by atoms with Crippen molar-refractivity contribution >= 4 is 22.8 Å². The van der Waals surface area contributed by atoms with Crippen LogP contribution >= 0.6 is 0 Å². The van der Waals surface area contributed by atoms with Crippen LogP contribution in [0.15, 0.2) is 12.5 Å². The van der Waals surface area contributed by atoms with Gasteiger partial charge >= 0.3 is 5.97 Å². The average molecular weight is 263 g/mol. The third-order valence-electron chi connectivity index (χ3n) is 3.25. The third kappa shape index (κ3) is 1.99. The van der Waals surface area contributed by atoms with E-state index in [-0.39, 0.29) is 12.6 Å². The lowest BCUT2D eigenvalue weighted by Gasteiger charge is -2.16. The van der Waals surface area contributed by atoms with Crippen LogP contribution in [-0.2, 0) is 16.6 Å². The van der Waals surface area contributed by atoms with Crippen LogP contribution in [0.25, 0.3) is 11.0 Å². The highest BCUT2D eigenvalue weighted by Crippen LogP contribution is 2.23. The summed E-state index contributed by atoms with van der Waals surface area (Å²) in [6.07, 6.45) is 3.08. The first-order valence-corrected chi connectivity index (χ1v) is 5.86. The third-order valence-corrected chi connectivity index (χ3v) is 3.25. The van der Waals surface area contributed by atoms with Gasteiger partial charge in [-0.1, -0.05) is 0 Å². The molecule has 1 aliphatic rings. The van der Waals surface area contributed by atoms with Gasteiger partial charge in [0.1, 0.15) is 18.1 Å². The highest BCUT2D eigenvalue weighted by molar-refractivity contribution is 5.86. The molecule has 0 aliphatic carbocycles. The number of rotatable bonds is 3. The highest BCUT2D eigenvalue weighted by atomic mass is 16.5. The number of anilines is 1. The number of aliphatic carboxylic acids is 1. The van der Waals surface area contributed by atoms with Crippen molar-refractivity contribution in [2.45, 2.75) is 6.04 Å². The first-order valence-electron chi connectivity index (χ1n) is 5.86. The first kappa shape index (κ1) is 11.8. The Hall–Kier alpha value is -2.22. The summed E-state index contributed by atoms with van der Waals surface area (Å²) < 4.78 is 6.85. The lowest BCUT2D eigenvalue weighted by molar-refractivity contribution is -0.141. The summed E-state index contributed by atoms with van der Waals surface area (Å²) in [5.74, 6) is -0.854. The van der Waals surface area contributed by atoms with Crippen molar-refractivity contribution in [1.82, 2.24) is 19.7 Å². The molecule has 1 saturated heterocycles. The number of hydrogen-bond acceptors (Lipinski definition) is 6. The van der Waals surface area contributed by atoms with Crippen LogP contribution in [0.2, 0.25) is 0 Å². The summed E-state index contributed by atoms with van der Waals surface area (Å²) in [7, 11) is 1.79. The molecule has 3 heterocycles. The van der Waals surface area contributed by atoms with E-state index in [9.17, 15) is 4.79 Å². The lowest BCUT2D eigenvalue weighted by atomic mass is 10.0. The summed E-state index contributed by atoms with van der Waals surface area (Å²) in [4.78, 5) is 19.4. The van der Waals surface area contributed by atoms with E-state index in [1.807, 2.05) is 0 Å². The molecule has 100 valence electrons. The van der Waals surface area contributed by atoms with Crippen molar-refractivity contribution < 1.29 is 14.6 Å². The second-order valence-corrected chi connectivity index (χ2v) is 4.46. The predicted molar refractivity (Wildman–Crippen MR) is 65.7 cm³/mol. The summed E-state index contributed by atoms with van der Waals surface area (Å²) in [6.45, 7) is 0.566. The van der Waals surface area contributed by atoms with Crippen LogP contribution in [0.4, 0.5) is 5.82 Å². The van der Waals surface area contributed by atoms with Gasteiger partial charge in [0.05, 0.1) is 30.8 Å². The minimum atomic E-state index is -0.869. The zero-order chi connectivity index (χ0) is 13.4. The largest absolute Gasteiger partial charge is 0.481 e. The van der Waals surface area contributed by atoms with Crippen LogP contribution in [0.1, 0.15) is 0 Å². The maximum absolute atomic E-state index is 11.1. The Morgan fingerprint density at radius 2 is 2.37 bits per heavy atom. The van der Waals surface area contributed by atoms with E-state index < -0.39 is 11.9 Å². The topological polar surface area (TPSA) is 102 Å². The molecule has 0 amide bonds. The molecule has 0 saturated carbocycles. The number of nitrogens with one attached hydrogen (secondary N) is 1. The number of carbonyl (C=O) groups is 1. The van der Waals surface area contributed by atoms with Gasteiger partial charge in [0, 0.05) is 7.05 Å². The van der Waals surface area contributed by atoms with Crippen LogP contribution in [-0.4, -0.2) is 50.1 Å². The zero-order valence-corrected chi connectivity index (χ0v) is 10.3. The highest BCUT2D eigenvalue weighted by Gasteiger charge is 2.34. The Labute approximate surface area is 108 Å². The molecular formula is C11H13N5O3. The molecule has 2 N–H and O–H groups in total. The van der Waals surface area contributed by atoms with Gasteiger partial charge in [0.25, 0.3) is 0 Å². The Kier molecular flexibility index (Phi) is 2.79. The molecule has 1 aliphatic heterocycles. The molecule has 0 bridgehead atoms. The standard InChI is InChI=1S/C11H13N5O3/c1-16-10-6(2-14-16)9(12-5-13-10)15-8-4-19-3-7(8)11(17)18/h2,5,7-8H,3-4H2,1H3,(H,17,18)(H,12,13,15). The van der Waals surface area contributed by atoms with Crippen molar-refractivity contribution in [2.75, 3.05) is 18.5 Å². The van der Waals surface area contributed by atoms with Gasteiger partial charge in [-0.25, -0.2) is 9.97 Å². The number of carboxylic acid groups (broad SMARTS) is 1. The average Bonchev–Trinajstić information content (AvgIpc) is 2.98. The number of ether oxygens (including phenoxy) is 1. The van der Waals surface area contributed by atoms with E-state index in [2.05, 4.69) is 20.4 Å². The van der Waals surface area contributed by atoms with Crippen LogP contribution in [0.3, 0.4) is 0 Å². The smallest absolute Gasteiger partial charge is 0.311 e. The molecule has 0 aromatic carbocycles. The molecule has 3 rings (SSSR count). The van der Waals surface area contributed by atoms with Gasteiger partial charge in [0.2, 0.25) is 0 Å². The molecular weight excluding hydrogens is 250 g/mol. The van der Waals surface area contributed by atoms with E-state index in [0.717, 1.165) is 5.39 Å². The predicted octanol–water partition coefficient (Wildman–Crippen LogP) is -0.125. The number of carboxylic acids is 1. The maximum atomic E-state index is 11.1. The quantitative estimate of drug-likeness (QED) is 0.795. The molecule has 8 heteroatoms. The fourth-order valence-corrected chi connectivity index (χ4v) is 2.19. The fourth-order valence-electron chi connectivity index (χ4n) is 2.19. The second-order valence-electron chi connectivity index (χ2n) is 4.46. The van der Waals surface area contributed by atoms with E-state index >= 15 is 0 Å². The molecule has 2 aromatic rings. The minimum Gasteiger partial charge on any atom is -0.481 e. The Morgan fingerprint density at radius 1 is 1.53 bits per heavy atom. The summed E-state index contributed by atoms with van der Waals surface area (Å²) >= 11 is 0. The van der Waals surface area contributed by atoms with Gasteiger partial charge < -0.3 is 15.2 Å². The Bertz CT molecular complexity index is 626. The monoisotopic (exact) mass is 263 g/mol. The summed E-state index contributed by atoms with van der Waals surface area (Å²) in [6, 6.07) is -0.296. The number of aryl methyl sites for hydroxylation is 1. The number of fused-ring (bicyclic) bond motifs is 1. The number of aromatic nitrogens is 4. The normalized spacial score (nSPS) is 22.8. The molecule has 2 unspecified atom stereocenters. The zero-order valence-electron chi connectivity index (χ0n) is 10.3. The van der Waals surface area contributed by atoms with Gasteiger partial charge in [-0.05, 0) is 0 Å². The van der Waals surface area contributed by atoms with Crippen molar-refractivity contribution in [2.24, 2.45) is 13.0 Å². The SMILES string of the molecule is Cn1ncc2c(NC3COCC3C(=O)O)ncnc21. The Balaban J connectivity index is 1.91. The molecule has 0 spiro atoms. The molecule has 0 radical (unpaired) electrons. The lowest BCUT2D eigenvalue weighted by Crippen LogP contribution is -2.33. The van der Waals surface area contributed by atoms with E-state index in [1.165, 1.54) is 6.33 Å². The number of nitrogens with zero attached hydrogens (tertiary/aromatic N) is 4. The fraction of sp³-hybridized carbons (Fsp3) is 0.455. The van der Waals surface area contributed by atoms with Crippen molar-refractivity contribution in [3.05, 3.63) is 12.5 Å². The molecule has 1 fully saturated rings. The van der Waals surface area contributed by atoms with E-state index in [4.69, 9.17) is 9.84 Å². The molecule has 2 aromatic heterocycles. The molecule has 2 atom stereocenters. The van der Waals surface area contributed by atoms with E-state index in [0.29, 0.717) is 18.1 Å². The Morgan fingerprint density at radius 3 is 3.16 bits per heavy atom. The van der Waals surface area contributed by atoms with Gasteiger partial charge in [0.15, 0.2) is 5.65 Å². The van der Waals surface area contributed by atoms with Crippen LogP contribution in [0.5, 0.6) is 0 Å². The summed E-state index contributed by atoms with van der Waals surface area (Å²) in [5.41, 5.74) is 0.697. The number of hydrogen-bond donors (Lipinski definition) is 2. The maximum Gasteiger partial charge on any atom is 0.311 e. The van der Waals surface area contributed by atoms with Crippen LogP contribution in [0, 0.1) is 5.92 Å². The second kappa shape index (κ2) is 4.47.